The zero-order chi connectivity index (χ0) is 21.8. The Balaban J connectivity index is 1.67. The van der Waals surface area contributed by atoms with Crippen LogP contribution >= 0.6 is 22.9 Å². The number of carbonyl (C=O) groups excluding carboxylic acids is 1. The highest BCUT2D eigenvalue weighted by molar-refractivity contribution is 7.22. The van der Waals surface area contributed by atoms with Gasteiger partial charge in [-0.2, -0.15) is 0 Å². The van der Waals surface area contributed by atoms with Crippen molar-refractivity contribution in [1.29, 1.82) is 0 Å². The van der Waals surface area contributed by atoms with Gasteiger partial charge in [-0.25, -0.2) is 4.98 Å². The van der Waals surface area contributed by atoms with Crippen LogP contribution in [0.2, 0.25) is 5.02 Å². The van der Waals surface area contributed by atoms with Crippen LogP contribution in [-0.2, 0) is 11.3 Å². The van der Waals surface area contributed by atoms with E-state index in [0.717, 1.165) is 4.70 Å². The number of nitro groups is 1. The number of amides is 1. The molecule has 0 atom stereocenters. The molecule has 31 heavy (non-hydrogen) atoms. The smallest absolute Gasteiger partial charge is 0.270 e. The van der Waals surface area contributed by atoms with Crippen molar-refractivity contribution >= 4 is 56.0 Å². The van der Waals surface area contributed by atoms with Crippen LogP contribution in [0.5, 0.6) is 0 Å². The second kappa shape index (κ2) is 9.03. The number of thiazole rings is 1. The van der Waals surface area contributed by atoms with Crippen molar-refractivity contribution in [2.75, 3.05) is 4.90 Å². The number of anilines is 1. The predicted molar refractivity (Wildman–Crippen MR) is 122 cm³/mol. The lowest BCUT2D eigenvalue weighted by molar-refractivity contribution is -0.384. The van der Waals surface area contributed by atoms with Crippen molar-refractivity contribution in [2.45, 2.75) is 6.54 Å². The minimum absolute atomic E-state index is 0.0410. The predicted octanol–water partition coefficient (Wildman–Crippen LogP) is 5.50. The first-order valence-corrected chi connectivity index (χ1v) is 10.4. The van der Waals surface area contributed by atoms with Crippen LogP contribution in [0, 0.1) is 10.1 Å². The number of pyridine rings is 1. The SMILES string of the molecule is O=C(/C=C/c1cccc([N+](=O)[O-])c1)N(Cc1ccccn1)c1nc2c(Cl)cccc2s1. The number of nitrogens with zero attached hydrogens (tertiary/aromatic N) is 4. The molecule has 7 nitrogen and oxygen atoms in total. The molecule has 0 saturated heterocycles. The molecule has 0 aliphatic carbocycles. The second-order valence-electron chi connectivity index (χ2n) is 6.51. The van der Waals surface area contributed by atoms with Crippen LogP contribution in [0.25, 0.3) is 16.3 Å². The van der Waals surface area contributed by atoms with Crippen LogP contribution in [0.4, 0.5) is 10.8 Å². The molecular weight excluding hydrogens is 436 g/mol. The van der Waals surface area contributed by atoms with Crippen LogP contribution in [0.15, 0.2) is 72.9 Å². The Kier molecular flexibility index (Phi) is 6.01. The highest BCUT2D eigenvalue weighted by Gasteiger charge is 2.20. The van der Waals surface area contributed by atoms with E-state index >= 15 is 0 Å². The largest absolute Gasteiger partial charge is 0.278 e. The van der Waals surface area contributed by atoms with Crippen molar-refractivity contribution in [2.24, 2.45) is 0 Å². The van der Waals surface area contributed by atoms with Gasteiger partial charge in [0.2, 0.25) is 0 Å². The first kappa shape index (κ1) is 20.6. The van der Waals surface area contributed by atoms with Gasteiger partial charge in [0.05, 0.1) is 26.9 Å². The van der Waals surface area contributed by atoms with Crippen molar-refractivity contribution in [3.8, 4) is 0 Å². The molecule has 0 bridgehead atoms. The molecule has 0 saturated carbocycles. The van der Waals surface area contributed by atoms with Gasteiger partial charge >= 0.3 is 0 Å². The molecule has 0 spiro atoms. The Bertz CT molecular complexity index is 1290. The third-order valence-corrected chi connectivity index (χ3v) is 5.75. The number of aromatic nitrogens is 2. The molecule has 2 aromatic carbocycles. The third kappa shape index (κ3) is 4.76. The lowest BCUT2D eigenvalue weighted by Gasteiger charge is -2.17. The molecule has 1 amide bonds. The number of benzene rings is 2. The topological polar surface area (TPSA) is 89.2 Å². The Morgan fingerprint density at radius 1 is 1.16 bits per heavy atom. The minimum atomic E-state index is -0.475. The first-order valence-electron chi connectivity index (χ1n) is 9.20. The third-order valence-electron chi connectivity index (χ3n) is 4.40. The van der Waals surface area contributed by atoms with Gasteiger partial charge in [-0.15, -0.1) is 0 Å². The molecule has 9 heteroatoms. The summed E-state index contributed by atoms with van der Waals surface area (Å²) in [5.74, 6) is -0.327. The highest BCUT2D eigenvalue weighted by Crippen LogP contribution is 2.33. The Morgan fingerprint density at radius 3 is 2.74 bits per heavy atom. The van der Waals surface area contributed by atoms with E-state index < -0.39 is 4.92 Å². The van der Waals surface area contributed by atoms with Crippen molar-refractivity contribution < 1.29 is 9.72 Å². The van der Waals surface area contributed by atoms with E-state index in [1.807, 2.05) is 24.3 Å². The number of carbonyl (C=O) groups is 1. The van der Waals surface area contributed by atoms with Gasteiger partial charge in [0.15, 0.2) is 5.13 Å². The number of halogens is 1. The lowest BCUT2D eigenvalue weighted by Crippen LogP contribution is -2.29. The van der Waals surface area contributed by atoms with Crippen LogP contribution in [0.3, 0.4) is 0 Å². The van der Waals surface area contributed by atoms with Gasteiger partial charge in [-0.3, -0.25) is 24.8 Å². The maximum Gasteiger partial charge on any atom is 0.270 e. The summed E-state index contributed by atoms with van der Waals surface area (Å²) in [5.41, 5.74) is 1.84. The van der Waals surface area contributed by atoms with E-state index in [4.69, 9.17) is 11.6 Å². The van der Waals surface area contributed by atoms with E-state index in [-0.39, 0.29) is 18.1 Å². The Hall–Kier alpha value is -3.62. The number of hydrogen-bond donors (Lipinski definition) is 0. The maximum absolute atomic E-state index is 13.1. The number of rotatable bonds is 6. The summed E-state index contributed by atoms with van der Waals surface area (Å²) in [6, 6.07) is 17.0. The molecule has 0 aliphatic heterocycles. The molecule has 4 aromatic rings. The number of non-ortho nitro benzene ring substituents is 1. The maximum atomic E-state index is 13.1. The summed E-state index contributed by atoms with van der Waals surface area (Å²) < 4.78 is 0.865. The summed E-state index contributed by atoms with van der Waals surface area (Å²) in [6.07, 6.45) is 4.57. The highest BCUT2D eigenvalue weighted by atomic mass is 35.5. The van der Waals surface area contributed by atoms with E-state index in [2.05, 4.69) is 9.97 Å². The number of nitro benzene ring substituents is 1. The molecule has 0 radical (unpaired) electrons. The van der Waals surface area contributed by atoms with Gasteiger partial charge in [0, 0.05) is 24.4 Å². The molecule has 2 aromatic heterocycles. The van der Waals surface area contributed by atoms with Crippen molar-refractivity contribution in [1.82, 2.24) is 9.97 Å². The molecule has 154 valence electrons. The fraction of sp³-hybridized carbons (Fsp3) is 0.0455. The molecule has 2 heterocycles. The first-order chi connectivity index (χ1) is 15.0. The summed E-state index contributed by atoms with van der Waals surface area (Å²) in [4.78, 5) is 34.0. The molecule has 4 rings (SSSR count). The molecule has 0 aliphatic rings. The van der Waals surface area contributed by atoms with E-state index in [1.165, 1.54) is 34.4 Å². The van der Waals surface area contributed by atoms with Gasteiger partial charge in [0.1, 0.15) is 5.52 Å². The summed E-state index contributed by atoms with van der Waals surface area (Å²) in [6.45, 7) is 0.219. The molecule has 0 N–H and O–H groups in total. The van der Waals surface area contributed by atoms with Crippen molar-refractivity contribution in [3.05, 3.63) is 99.3 Å². The minimum Gasteiger partial charge on any atom is -0.278 e. The fourth-order valence-electron chi connectivity index (χ4n) is 2.91. The van der Waals surface area contributed by atoms with Gasteiger partial charge in [-0.1, -0.05) is 47.2 Å². The lowest BCUT2D eigenvalue weighted by atomic mass is 10.2. The fourth-order valence-corrected chi connectivity index (χ4v) is 4.18. The average molecular weight is 451 g/mol. The molecule has 0 fully saturated rings. The normalized spacial score (nSPS) is 11.1. The Morgan fingerprint density at radius 2 is 2.00 bits per heavy atom. The van der Waals surface area contributed by atoms with E-state index in [9.17, 15) is 14.9 Å². The van der Waals surface area contributed by atoms with Gasteiger partial charge in [-0.05, 0) is 35.9 Å². The van der Waals surface area contributed by atoms with Crippen LogP contribution in [-0.4, -0.2) is 20.8 Å². The van der Waals surface area contributed by atoms with Crippen LogP contribution < -0.4 is 4.90 Å². The summed E-state index contributed by atoms with van der Waals surface area (Å²) in [7, 11) is 0. The van der Waals surface area contributed by atoms with Crippen LogP contribution in [0.1, 0.15) is 11.3 Å². The molecule has 0 unspecified atom stereocenters. The quantitative estimate of drug-likeness (QED) is 0.220. The summed E-state index contributed by atoms with van der Waals surface area (Å²) in [5, 5.41) is 12.0. The second-order valence-corrected chi connectivity index (χ2v) is 7.93. The standard InChI is InChI=1S/C22H15ClN4O3S/c23-18-8-4-9-19-21(18)25-22(31-19)26(14-16-6-1-2-12-24-16)20(28)11-10-15-5-3-7-17(13-15)27(29)30/h1-13H,14H2/b11-10+. The molecular formula is C22H15ClN4O3S. The van der Waals surface area contributed by atoms with Gasteiger partial charge < -0.3 is 0 Å². The average Bonchev–Trinajstić information content (AvgIpc) is 3.22. The zero-order valence-corrected chi connectivity index (χ0v) is 17.6. The monoisotopic (exact) mass is 450 g/mol. The zero-order valence-electron chi connectivity index (χ0n) is 16.0. The summed E-state index contributed by atoms with van der Waals surface area (Å²) >= 11 is 7.61. The number of hydrogen-bond acceptors (Lipinski definition) is 6. The number of fused-ring (bicyclic) bond motifs is 1. The van der Waals surface area contributed by atoms with Gasteiger partial charge in [0.25, 0.3) is 11.6 Å². The number of para-hydroxylation sites is 1. The van der Waals surface area contributed by atoms with E-state index in [0.29, 0.717) is 26.9 Å². The van der Waals surface area contributed by atoms with Crippen molar-refractivity contribution in [3.63, 3.8) is 0 Å². The Labute approximate surface area is 186 Å². The van der Waals surface area contributed by atoms with E-state index in [1.54, 1.807) is 36.5 Å².